The Bertz CT molecular complexity index is 373. The van der Waals surface area contributed by atoms with E-state index < -0.39 is 0 Å². The summed E-state index contributed by atoms with van der Waals surface area (Å²) < 4.78 is 3.29. The van der Waals surface area contributed by atoms with Crippen LogP contribution in [0.1, 0.15) is 38.6 Å². The zero-order valence-electron chi connectivity index (χ0n) is 11.6. The van der Waals surface area contributed by atoms with Gasteiger partial charge in [-0.3, -0.25) is 4.68 Å². The van der Waals surface area contributed by atoms with Crippen LogP contribution in [-0.2, 0) is 13.0 Å². The van der Waals surface area contributed by atoms with Crippen LogP contribution < -0.4 is 5.32 Å². The predicted octanol–water partition coefficient (Wildman–Crippen LogP) is 3.15. The molecule has 0 saturated carbocycles. The molecular formula is C13H24BrN3. The first-order valence-corrected chi connectivity index (χ1v) is 7.13. The van der Waals surface area contributed by atoms with Gasteiger partial charge in [0.2, 0.25) is 0 Å². The van der Waals surface area contributed by atoms with Crippen molar-refractivity contribution in [3.05, 3.63) is 15.9 Å². The summed E-state index contributed by atoms with van der Waals surface area (Å²) in [6.45, 7) is 10.7. The summed E-state index contributed by atoms with van der Waals surface area (Å²) in [6, 6.07) is 0. The molecule has 0 amide bonds. The van der Waals surface area contributed by atoms with Gasteiger partial charge in [0, 0.05) is 13.1 Å². The van der Waals surface area contributed by atoms with Crippen LogP contribution >= 0.6 is 15.9 Å². The van der Waals surface area contributed by atoms with Crippen LogP contribution in [0.25, 0.3) is 0 Å². The second-order valence-corrected chi connectivity index (χ2v) is 5.83. The van der Waals surface area contributed by atoms with E-state index in [0.29, 0.717) is 0 Å². The maximum Gasteiger partial charge on any atom is 0.0738 e. The van der Waals surface area contributed by atoms with E-state index in [2.05, 4.69) is 58.7 Å². The Hall–Kier alpha value is -0.350. The summed E-state index contributed by atoms with van der Waals surface area (Å²) in [5, 5.41) is 7.85. The Morgan fingerprint density at radius 3 is 2.53 bits per heavy atom. The van der Waals surface area contributed by atoms with Crippen LogP contribution in [0.15, 0.2) is 4.47 Å². The van der Waals surface area contributed by atoms with E-state index in [0.717, 1.165) is 31.6 Å². The van der Waals surface area contributed by atoms with Crippen molar-refractivity contribution in [2.24, 2.45) is 5.41 Å². The van der Waals surface area contributed by atoms with Gasteiger partial charge in [0.1, 0.15) is 0 Å². The van der Waals surface area contributed by atoms with Crippen molar-refractivity contribution in [3.63, 3.8) is 0 Å². The number of aryl methyl sites for hydroxylation is 2. The minimum Gasteiger partial charge on any atom is -0.319 e. The molecule has 1 aromatic rings. The van der Waals surface area contributed by atoms with E-state index >= 15 is 0 Å². The molecule has 1 aromatic heterocycles. The summed E-state index contributed by atoms with van der Waals surface area (Å²) in [5.74, 6) is 0. The lowest BCUT2D eigenvalue weighted by Gasteiger charge is -2.28. The minimum absolute atomic E-state index is 0.288. The molecule has 1 atom stereocenters. The standard InChI is InChI=1S/C13H24BrN3/c1-6-13(4,9-15-5)8-11-12(14)10(3)16-17(11)7-2/h15H,6-9H2,1-5H3. The van der Waals surface area contributed by atoms with Crippen LogP contribution in [0, 0.1) is 12.3 Å². The fourth-order valence-electron chi connectivity index (χ4n) is 2.18. The third kappa shape index (κ3) is 3.32. The van der Waals surface area contributed by atoms with Crippen molar-refractivity contribution in [1.82, 2.24) is 15.1 Å². The first-order valence-electron chi connectivity index (χ1n) is 6.33. The number of nitrogens with one attached hydrogen (secondary N) is 1. The Balaban J connectivity index is 3.00. The Labute approximate surface area is 113 Å². The molecule has 0 fully saturated rings. The van der Waals surface area contributed by atoms with Crippen molar-refractivity contribution in [2.75, 3.05) is 13.6 Å². The highest BCUT2D eigenvalue weighted by molar-refractivity contribution is 9.10. The van der Waals surface area contributed by atoms with Crippen LogP contribution in [0.2, 0.25) is 0 Å². The van der Waals surface area contributed by atoms with Gasteiger partial charge in [-0.2, -0.15) is 5.10 Å². The second kappa shape index (κ2) is 6.01. The van der Waals surface area contributed by atoms with Gasteiger partial charge in [-0.05, 0) is 55.1 Å². The van der Waals surface area contributed by atoms with Crippen molar-refractivity contribution in [2.45, 2.75) is 47.1 Å². The first-order chi connectivity index (χ1) is 7.97. The molecule has 1 unspecified atom stereocenters. The van der Waals surface area contributed by atoms with E-state index in [4.69, 9.17) is 0 Å². The molecule has 0 aliphatic rings. The summed E-state index contributed by atoms with van der Waals surface area (Å²) in [5.41, 5.74) is 2.70. The zero-order chi connectivity index (χ0) is 13.1. The molecule has 0 spiro atoms. The van der Waals surface area contributed by atoms with Gasteiger partial charge in [-0.1, -0.05) is 13.8 Å². The van der Waals surface area contributed by atoms with E-state index in [-0.39, 0.29) is 5.41 Å². The highest BCUT2D eigenvalue weighted by Crippen LogP contribution is 2.31. The van der Waals surface area contributed by atoms with Gasteiger partial charge >= 0.3 is 0 Å². The lowest BCUT2D eigenvalue weighted by Crippen LogP contribution is -2.32. The average Bonchev–Trinajstić information content (AvgIpc) is 2.57. The number of nitrogens with zero attached hydrogens (tertiary/aromatic N) is 2. The van der Waals surface area contributed by atoms with Gasteiger partial charge in [-0.25, -0.2) is 0 Å². The van der Waals surface area contributed by atoms with Crippen molar-refractivity contribution in [3.8, 4) is 0 Å². The van der Waals surface area contributed by atoms with Crippen molar-refractivity contribution < 1.29 is 0 Å². The molecule has 1 rings (SSSR count). The molecule has 98 valence electrons. The molecule has 1 heterocycles. The van der Waals surface area contributed by atoms with Crippen molar-refractivity contribution >= 4 is 15.9 Å². The van der Waals surface area contributed by atoms with Crippen LogP contribution in [-0.4, -0.2) is 23.4 Å². The molecule has 0 aromatic carbocycles. The molecule has 0 radical (unpaired) electrons. The average molecular weight is 302 g/mol. The Morgan fingerprint density at radius 1 is 1.41 bits per heavy atom. The normalized spacial score (nSPS) is 14.9. The third-order valence-corrected chi connectivity index (χ3v) is 4.54. The van der Waals surface area contributed by atoms with E-state index in [1.807, 2.05) is 7.05 Å². The highest BCUT2D eigenvalue weighted by atomic mass is 79.9. The van der Waals surface area contributed by atoms with E-state index in [1.54, 1.807) is 0 Å². The van der Waals surface area contributed by atoms with E-state index in [1.165, 1.54) is 10.2 Å². The lowest BCUT2D eigenvalue weighted by atomic mass is 9.82. The topological polar surface area (TPSA) is 29.9 Å². The SMILES string of the molecule is CCn1nc(C)c(Br)c1CC(C)(CC)CNC. The van der Waals surface area contributed by atoms with Gasteiger partial charge in [0.05, 0.1) is 15.9 Å². The smallest absolute Gasteiger partial charge is 0.0738 e. The summed E-state index contributed by atoms with van der Waals surface area (Å²) in [4.78, 5) is 0. The minimum atomic E-state index is 0.288. The Kier molecular flexibility index (Phi) is 5.20. The molecule has 17 heavy (non-hydrogen) atoms. The highest BCUT2D eigenvalue weighted by Gasteiger charge is 2.25. The number of halogens is 1. The van der Waals surface area contributed by atoms with Crippen LogP contribution in [0.5, 0.6) is 0 Å². The molecule has 3 nitrogen and oxygen atoms in total. The fraction of sp³-hybridized carbons (Fsp3) is 0.769. The number of rotatable bonds is 6. The first kappa shape index (κ1) is 14.7. The zero-order valence-corrected chi connectivity index (χ0v) is 13.2. The largest absolute Gasteiger partial charge is 0.319 e. The number of hydrogen-bond acceptors (Lipinski definition) is 2. The molecular weight excluding hydrogens is 278 g/mol. The predicted molar refractivity (Wildman–Crippen MR) is 76.4 cm³/mol. The second-order valence-electron chi connectivity index (χ2n) is 5.03. The number of hydrogen-bond donors (Lipinski definition) is 1. The summed E-state index contributed by atoms with van der Waals surface area (Å²) in [7, 11) is 2.02. The molecule has 1 N–H and O–H groups in total. The van der Waals surface area contributed by atoms with Crippen molar-refractivity contribution in [1.29, 1.82) is 0 Å². The van der Waals surface area contributed by atoms with Crippen LogP contribution in [0.3, 0.4) is 0 Å². The summed E-state index contributed by atoms with van der Waals surface area (Å²) >= 11 is 3.67. The van der Waals surface area contributed by atoms with Gasteiger partial charge in [0.25, 0.3) is 0 Å². The fourth-order valence-corrected chi connectivity index (χ4v) is 2.61. The molecule has 0 aliphatic heterocycles. The molecule has 0 aliphatic carbocycles. The Morgan fingerprint density at radius 2 is 2.06 bits per heavy atom. The van der Waals surface area contributed by atoms with E-state index in [9.17, 15) is 0 Å². The number of aromatic nitrogens is 2. The van der Waals surface area contributed by atoms with Gasteiger partial charge in [0.15, 0.2) is 0 Å². The summed E-state index contributed by atoms with van der Waals surface area (Å²) in [6.07, 6.45) is 2.22. The maximum atomic E-state index is 4.56. The van der Waals surface area contributed by atoms with Gasteiger partial charge < -0.3 is 5.32 Å². The van der Waals surface area contributed by atoms with Crippen LogP contribution in [0.4, 0.5) is 0 Å². The molecule has 0 saturated heterocycles. The third-order valence-electron chi connectivity index (χ3n) is 3.50. The quantitative estimate of drug-likeness (QED) is 0.875. The maximum absolute atomic E-state index is 4.56. The molecule has 4 heteroatoms. The van der Waals surface area contributed by atoms with Gasteiger partial charge in [-0.15, -0.1) is 0 Å². The molecule has 0 bridgehead atoms. The lowest BCUT2D eigenvalue weighted by molar-refractivity contribution is 0.290. The monoisotopic (exact) mass is 301 g/mol.